The molecular formula is C26H24N2O7S. The van der Waals surface area contributed by atoms with Gasteiger partial charge in [-0.1, -0.05) is 23.5 Å². The van der Waals surface area contributed by atoms with Crippen molar-refractivity contribution in [1.29, 1.82) is 0 Å². The van der Waals surface area contributed by atoms with Gasteiger partial charge in [-0.2, -0.15) is 0 Å². The van der Waals surface area contributed by atoms with Crippen molar-refractivity contribution in [2.75, 3.05) is 25.7 Å². The quantitative estimate of drug-likeness (QED) is 0.218. The van der Waals surface area contributed by atoms with Gasteiger partial charge in [0.15, 0.2) is 5.13 Å². The Balaban J connectivity index is 1.92. The number of ketones is 1. The summed E-state index contributed by atoms with van der Waals surface area (Å²) < 4.78 is 15.6. The Hall–Kier alpha value is -4.18. The van der Waals surface area contributed by atoms with Gasteiger partial charge in [0.05, 0.1) is 38.1 Å². The number of anilines is 1. The number of ether oxygens (including phenoxy) is 3. The van der Waals surface area contributed by atoms with E-state index in [-0.39, 0.29) is 21.3 Å². The van der Waals surface area contributed by atoms with Gasteiger partial charge in [-0.3, -0.25) is 14.5 Å². The Morgan fingerprint density at radius 1 is 1.11 bits per heavy atom. The number of hydrogen-bond donors (Lipinski definition) is 1. The second kappa shape index (κ2) is 10.2. The fraction of sp³-hybridized carbons (Fsp3) is 0.231. The number of Topliss-reactive ketones (excluding diaryl/α,β-unsaturated/α-hetero) is 1. The number of benzene rings is 2. The molecule has 2 heterocycles. The normalized spacial score (nSPS) is 16.8. The van der Waals surface area contributed by atoms with E-state index in [2.05, 4.69) is 4.98 Å². The first-order valence-electron chi connectivity index (χ1n) is 11.0. The zero-order chi connectivity index (χ0) is 26.0. The van der Waals surface area contributed by atoms with Crippen molar-refractivity contribution in [1.82, 2.24) is 4.98 Å². The van der Waals surface area contributed by atoms with Crippen molar-refractivity contribution in [2.45, 2.75) is 19.9 Å². The number of aliphatic hydroxyl groups excluding tert-OH is 1. The van der Waals surface area contributed by atoms with Crippen LogP contribution in [0.1, 0.15) is 39.5 Å². The van der Waals surface area contributed by atoms with Crippen molar-refractivity contribution in [3.8, 4) is 11.5 Å². The molecule has 1 amide bonds. The van der Waals surface area contributed by atoms with Crippen molar-refractivity contribution in [3.05, 3.63) is 75.8 Å². The number of carbonyl (C=O) groups is 3. The van der Waals surface area contributed by atoms with Gasteiger partial charge < -0.3 is 19.3 Å². The van der Waals surface area contributed by atoms with Crippen LogP contribution in [-0.2, 0) is 14.3 Å². The third kappa shape index (κ3) is 4.42. The van der Waals surface area contributed by atoms with E-state index in [0.717, 1.165) is 11.3 Å². The van der Waals surface area contributed by atoms with E-state index in [1.54, 1.807) is 55.5 Å². The van der Waals surface area contributed by atoms with E-state index in [1.165, 1.54) is 19.1 Å². The molecule has 1 aliphatic heterocycles. The van der Waals surface area contributed by atoms with Crippen molar-refractivity contribution >= 4 is 39.9 Å². The Kier molecular flexibility index (Phi) is 7.07. The minimum absolute atomic E-state index is 0.105. The maximum Gasteiger partial charge on any atom is 0.350 e. The smallest absolute Gasteiger partial charge is 0.350 e. The lowest BCUT2D eigenvalue weighted by molar-refractivity contribution is -0.132. The van der Waals surface area contributed by atoms with Crippen LogP contribution in [0, 0.1) is 6.92 Å². The summed E-state index contributed by atoms with van der Waals surface area (Å²) in [5.41, 5.74) is 1.13. The number of amides is 1. The zero-order valence-corrected chi connectivity index (χ0v) is 20.9. The Morgan fingerprint density at radius 2 is 1.83 bits per heavy atom. The first kappa shape index (κ1) is 24.9. The van der Waals surface area contributed by atoms with E-state index in [0.29, 0.717) is 34.9 Å². The summed E-state index contributed by atoms with van der Waals surface area (Å²) in [5, 5.41) is 11.4. The second-order valence-corrected chi connectivity index (χ2v) is 8.78. The highest BCUT2D eigenvalue weighted by molar-refractivity contribution is 7.17. The van der Waals surface area contributed by atoms with E-state index >= 15 is 0 Å². The van der Waals surface area contributed by atoms with Gasteiger partial charge in [0.2, 0.25) is 0 Å². The number of thiazole rings is 1. The minimum atomic E-state index is -1.01. The lowest BCUT2D eigenvalue weighted by atomic mass is 9.95. The molecule has 0 saturated carbocycles. The Labute approximate surface area is 211 Å². The number of nitrogens with zero attached hydrogens (tertiary/aromatic N) is 2. The molecule has 1 saturated heterocycles. The monoisotopic (exact) mass is 508 g/mol. The zero-order valence-electron chi connectivity index (χ0n) is 20.1. The average molecular weight is 509 g/mol. The molecule has 1 N–H and O–H groups in total. The largest absolute Gasteiger partial charge is 0.507 e. The first-order valence-corrected chi connectivity index (χ1v) is 11.9. The molecular weight excluding hydrogens is 484 g/mol. The number of carbonyl (C=O) groups excluding carboxylic acids is 3. The van der Waals surface area contributed by atoms with Gasteiger partial charge in [0.1, 0.15) is 22.1 Å². The van der Waals surface area contributed by atoms with Gasteiger partial charge in [0, 0.05) is 5.56 Å². The fourth-order valence-corrected chi connectivity index (χ4v) is 4.97. The lowest BCUT2D eigenvalue weighted by Crippen LogP contribution is -2.29. The van der Waals surface area contributed by atoms with Gasteiger partial charge >= 0.3 is 11.9 Å². The third-order valence-corrected chi connectivity index (χ3v) is 6.79. The number of rotatable bonds is 7. The summed E-state index contributed by atoms with van der Waals surface area (Å²) in [4.78, 5) is 44.7. The van der Waals surface area contributed by atoms with E-state index in [4.69, 9.17) is 14.2 Å². The Bertz CT molecular complexity index is 1360. The fourth-order valence-electron chi connectivity index (χ4n) is 3.96. The molecule has 0 spiro atoms. The summed E-state index contributed by atoms with van der Waals surface area (Å²) in [5.74, 6) is -1.57. The number of hydrogen-bond acceptors (Lipinski definition) is 9. The molecule has 0 bridgehead atoms. The van der Waals surface area contributed by atoms with Gasteiger partial charge in [0.25, 0.3) is 5.78 Å². The predicted molar refractivity (Wildman–Crippen MR) is 134 cm³/mol. The molecule has 0 aliphatic carbocycles. The van der Waals surface area contributed by atoms with Crippen molar-refractivity contribution in [2.24, 2.45) is 0 Å². The molecule has 0 radical (unpaired) electrons. The van der Waals surface area contributed by atoms with Crippen LogP contribution in [0.5, 0.6) is 11.5 Å². The molecule has 36 heavy (non-hydrogen) atoms. The van der Waals surface area contributed by atoms with Gasteiger partial charge in [-0.15, -0.1) is 0 Å². The van der Waals surface area contributed by atoms with Crippen LogP contribution in [0.15, 0.2) is 54.1 Å². The third-order valence-electron chi connectivity index (χ3n) is 5.65. The van der Waals surface area contributed by atoms with E-state index < -0.39 is 23.7 Å². The van der Waals surface area contributed by atoms with Crippen LogP contribution in [0.4, 0.5) is 5.13 Å². The standard InChI is InChI=1S/C26H24N2O7S/c1-5-35-18-8-6-7-16(13-18)20-19(21(29)15-9-11-17(33-3)12-10-15)22(30)24(31)28(20)26-27-14(2)23(36-26)25(32)34-4/h6-13,20,29H,5H2,1-4H3/b21-19+. The number of esters is 1. The summed E-state index contributed by atoms with van der Waals surface area (Å²) in [6.07, 6.45) is 0. The highest BCUT2D eigenvalue weighted by Crippen LogP contribution is 2.44. The number of aryl methyl sites for hydroxylation is 1. The van der Waals surface area contributed by atoms with Crippen LogP contribution in [0.2, 0.25) is 0 Å². The molecule has 1 atom stereocenters. The maximum absolute atomic E-state index is 13.3. The molecule has 2 aromatic carbocycles. The Morgan fingerprint density at radius 3 is 2.47 bits per heavy atom. The summed E-state index contributed by atoms with van der Waals surface area (Å²) in [6, 6.07) is 12.4. The molecule has 1 aliphatic rings. The summed E-state index contributed by atoms with van der Waals surface area (Å²) in [7, 11) is 2.77. The van der Waals surface area contributed by atoms with E-state index in [1.807, 2.05) is 6.92 Å². The SMILES string of the molecule is CCOc1cccc(C2/C(=C(\O)c3ccc(OC)cc3)C(=O)C(=O)N2c2nc(C)c(C(=O)OC)s2)c1. The first-order chi connectivity index (χ1) is 17.3. The molecule has 3 aromatic rings. The average Bonchev–Trinajstić information content (AvgIpc) is 3.40. The molecule has 10 heteroatoms. The minimum Gasteiger partial charge on any atom is -0.507 e. The van der Waals surface area contributed by atoms with Crippen LogP contribution < -0.4 is 14.4 Å². The highest BCUT2D eigenvalue weighted by Gasteiger charge is 2.48. The molecule has 9 nitrogen and oxygen atoms in total. The van der Waals surface area contributed by atoms with Gasteiger partial charge in [-0.05, 0) is 55.8 Å². The number of aliphatic hydroxyl groups is 1. The molecule has 1 aromatic heterocycles. The molecule has 1 fully saturated rings. The molecule has 4 rings (SSSR count). The second-order valence-electron chi connectivity index (χ2n) is 7.81. The lowest BCUT2D eigenvalue weighted by Gasteiger charge is -2.23. The predicted octanol–water partition coefficient (Wildman–Crippen LogP) is 4.27. The van der Waals surface area contributed by atoms with Crippen LogP contribution >= 0.6 is 11.3 Å². The number of aromatic nitrogens is 1. The van der Waals surface area contributed by atoms with Crippen molar-refractivity contribution < 1.29 is 33.7 Å². The molecule has 186 valence electrons. The summed E-state index contributed by atoms with van der Waals surface area (Å²) >= 11 is 0.938. The van der Waals surface area contributed by atoms with Crippen LogP contribution in [0.3, 0.4) is 0 Å². The van der Waals surface area contributed by atoms with Crippen LogP contribution in [-0.4, -0.2) is 48.6 Å². The maximum atomic E-state index is 13.3. The summed E-state index contributed by atoms with van der Waals surface area (Å²) in [6.45, 7) is 3.88. The van der Waals surface area contributed by atoms with Crippen molar-refractivity contribution in [3.63, 3.8) is 0 Å². The topological polar surface area (TPSA) is 115 Å². The highest BCUT2D eigenvalue weighted by atomic mass is 32.1. The number of methoxy groups -OCH3 is 2. The van der Waals surface area contributed by atoms with Crippen LogP contribution in [0.25, 0.3) is 5.76 Å². The van der Waals surface area contributed by atoms with E-state index in [9.17, 15) is 19.5 Å². The molecule has 1 unspecified atom stereocenters. The van der Waals surface area contributed by atoms with Gasteiger partial charge in [-0.25, -0.2) is 9.78 Å².